The Kier molecular flexibility index (Phi) is 6.97. The third-order valence-electron chi connectivity index (χ3n) is 5.69. The average Bonchev–Trinajstić information content (AvgIpc) is 3.16. The molecule has 29 heavy (non-hydrogen) atoms. The lowest BCUT2D eigenvalue weighted by atomic mass is 9.94. The summed E-state index contributed by atoms with van der Waals surface area (Å²) in [5.41, 5.74) is -0.0286. The average molecular weight is 406 g/mol. The van der Waals surface area contributed by atoms with Crippen LogP contribution in [0.1, 0.15) is 29.6 Å². The number of amides is 2. The Bertz CT molecular complexity index is 732. The molecule has 2 saturated heterocycles. The molecule has 2 aliphatic heterocycles. The van der Waals surface area contributed by atoms with Crippen molar-refractivity contribution in [3.63, 3.8) is 0 Å². The van der Waals surface area contributed by atoms with E-state index < -0.39 is 5.54 Å². The van der Waals surface area contributed by atoms with Gasteiger partial charge in [0.1, 0.15) is 11.5 Å². The van der Waals surface area contributed by atoms with Crippen molar-refractivity contribution >= 4 is 11.8 Å². The van der Waals surface area contributed by atoms with E-state index >= 15 is 0 Å². The fraction of sp³-hybridized carbons (Fsp3) is 0.619. The molecule has 0 bridgehead atoms. The molecule has 1 atom stereocenters. The number of carbonyl (C=O) groups is 2. The Labute approximate surface area is 171 Å². The number of rotatable bonds is 7. The van der Waals surface area contributed by atoms with Gasteiger partial charge in [0.15, 0.2) is 0 Å². The predicted molar refractivity (Wildman–Crippen MR) is 106 cm³/mol. The number of hydrogen-bond acceptors (Lipinski definition) is 6. The summed E-state index contributed by atoms with van der Waals surface area (Å²) in [6.45, 7) is 3.03. The van der Waals surface area contributed by atoms with E-state index in [1.165, 1.54) is 7.11 Å². The second kappa shape index (κ2) is 9.45. The Morgan fingerprint density at radius 3 is 2.72 bits per heavy atom. The molecule has 0 aromatic heterocycles. The van der Waals surface area contributed by atoms with E-state index in [4.69, 9.17) is 18.9 Å². The van der Waals surface area contributed by atoms with Crippen LogP contribution in [0.25, 0.3) is 0 Å². The van der Waals surface area contributed by atoms with Crippen molar-refractivity contribution in [1.82, 2.24) is 9.80 Å². The van der Waals surface area contributed by atoms with Crippen LogP contribution in [0.15, 0.2) is 18.2 Å². The lowest BCUT2D eigenvalue weighted by Crippen LogP contribution is -2.57. The van der Waals surface area contributed by atoms with Gasteiger partial charge in [0.2, 0.25) is 5.91 Å². The van der Waals surface area contributed by atoms with Gasteiger partial charge in [-0.05, 0) is 25.0 Å². The molecule has 8 nitrogen and oxygen atoms in total. The van der Waals surface area contributed by atoms with E-state index in [2.05, 4.69) is 0 Å². The van der Waals surface area contributed by atoms with Crippen LogP contribution in [0, 0.1) is 0 Å². The second-order valence-electron chi connectivity index (χ2n) is 7.46. The highest BCUT2D eigenvalue weighted by atomic mass is 16.5. The predicted octanol–water partition coefficient (Wildman–Crippen LogP) is 1.57. The first-order valence-corrected chi connectivity index (χ1v) is 9.93. The molecule has 1 aromatic carbocycles. The van der Waals surface area contributed by atoms with Gasteiger partial charge in [0, 0.05) is 52.4 Å². The van der Waals surface area contributed by atoms with Crippen molar-refractivity contribution in [2.45, 2.75) is 24.8 Å². The topological polar surface area (TPSA) is 77.5 Å². The molecule has 1 unspecified atom stereocenters. The first kappa shape index (κ1) is 21.4. The molecule has 2 heterocycles. The van der Waals surface area contributed by atoms with E-state index in [-0.39, 0.29) is 11.8 Å². The van der Waals surface area contributed by atoms with Crippen LogP contribution in [0.3, 0.4) is 0 Å². The molecule has 2 fully saturated rings. The maximum Gasteiger partial charge on any atom is 0.257 e. The first-order valence-electron chi connectivity index (χ1n) is 9.93. The molecule has 8 heteroatoms. The molecule has 1 aromatic rings. The van der Waals surface area contributed by atoms with E-state index in [9.17, 15) is 9.59 Å². The van der Waals surface area contributed by atoms with Crippen LogP contribution < -0.4 is 9.47 Å². The molecule has 3 rings (SSSR count). The number of ether oxygens (including phenoxy) is 4. The van der Waals surface area contributed by atoms with Crippen LogP contribution in [-0.2, 0) is 14.3 Å². The quantitative estimate of drug-likeness (QED) is 0.640. The Hall–Kier alpha value is -2.32. The highest BCUT2D eigenvalue weighted by Crippen LogP contribution is 2.33. The zero-order chi connectivity index (χ0) is 20.9. The fourth-order valence-electron chi connectivity index (χ4n) is 4.13. The summed E-state index contributed by atoms with van der Waals surface area (Å²) in [5, 5.41) is 0. The molecule has 2 aliphatic rings. The molecule has 0 radical (unpaired) electrons. The van der Waals surface area contributed by atoms with Gasteiger partial charge in [-0.15, -0.1) is 0 Å². The summed E-state index contributed by atoms with van der Waals surface area (Å²) < 4.78 is 21.5. The summed E-state index contributed by atoms with van der Waals surface area (Å²) in [6, 6.07) is 5.15. The number of hydrogen-bond donors (Lipinski definition) is 0. The van der Waals surface area contributed by atoms with Gasteiger partial charge in [-0.1, -0.05) is 0 Å². The van der Waals surface area contributed by atoms with Crippen molar-refractivity contribution in [1.29, 1.82) is 0 Å². The Morgan fingerprint density at radius 2 is 2.07 bits per heavy atom. The van der Waals surface area contributed by atoms with E-state index in [0.717, 1.165) is 12.8 Å². The van der Waals surface area contributed by atoms with Crippen LogP contribution in [0.2, 0.25) is 0 Å². The summed E-state index contributed by atoms with van der Waals surface area (Å²) in [6.07, 6.45) is 1.76. The first-order chi connectivity index (χ1) is 14.0. The smallest absolute Gasteiger partial charge is 0.257 e. The summed E-state index contributed by atoms with van der Waals surface area (Å²) in [7, 11) is 4.75. The van der Waals surface area contributed by atoms with Gasteiger partial charge < -0.3 is 28.7 Å². The third kappa shape index (κ3) is 4.48. The standard InChI is InChI=1S/C21H30N2O6/c1-26-11-4-9-23-19(24)7-10-22(14-21(23)8-12-29-15-21)20(25)17-6-5-16(27-2)13-18(17)28-3/h5-6,13H,4,7-12,14-15H2,1-3H3. The van der Waals surface area contributed by atoms with Crippen molar-refractivity contribution in [3.05, 3.63) is 23.8 Å². The zero-order valence-electron chi connectivity index (χ0n) is 17.4. The number of methoxy groups -OCH3 is 3. The van der Waals surface area contributed by atoms with Crippen molar-refractivity contribution in [2.24, 2.45) is 0 Å². The molecular weight excluding hydrogens is 376 g/mol. The van der Waals surface area contributed by atoms with Gasteiger partial charge in [0.05, 0.1) is 31.9 Å². The lowest BCUT2D eigenvalue weighted by molar-refractivity contribution is -0.136. The molecule has 2 amide bonds. The monoisotopic (exact) mass is 406 g/mol. The number of nitrogens with zero attached hydrogens (tertiary/aromatic N) is 2. The van der Waals surface area contributed by atoms with Crippen LogP contribution in [0.4, 0.5) is 0 Å². The van der Waals surface area contributed by atoms with E-state index in [0.29, 0.717) is 62.9 Å². The minimum atomic E-state index is -0.489. The van der Waals surface area contributed by atoms with Crippen molar-refractivity contribution in [2.75, 3.05) is 60.8 Å². The maximum absolute atomic E-state index is 13.4. The van der Waals surface area contributed by atoms with E-state index in [1.54, 1.807) is 37.3 Å². The van der Waals surface area contributed by atoms with Gasteiger partial charge in [-0.25, -0.2) is 0 Å². The van der Waals surface area contributed by atoms with Crippen molar-refractivity contribution in [3.8, 4) is 11.5 Å². The van der Waals surface area contributed by atoms with Crippen LogP contribution >= 0.6 is 0 Å². The molecule has 160 valence electrons. The van der Waals surface area contributed by atoms with Gasteiger partial charge in [-0.2, -0.15) is 0 Å². The fourth-order valence-corrected chi connectivity index (χ4v) is 4.13. The van der Waals surface area contributed by atoms with Gasteiger partial charge >= 0.3 is 0 Å². The Balaban J connectivity index is 1.86. The minimum absolute atomic E-state index is 0.0589. The molecular formula is C21H30N2O6. The normalized spacial score (nSPS) is 22.1. The lowest BCUT2D eigenvalue weighted by Gasteiger charge is -2.40. The number of benzene rings is 1. The molecule has 1 spiro atoms. The molecule has 0 saturated carbocycles. The van der Waals surface area contributed by atoms with E-state index in [1.807, 2.05) is 4.90 Å². The van der Waals surface area contributed by atoms with Crippen molar-refractivity contribution < 1.29 is 28.5 Å². The summed E-state index contributed by atoms with van der Waals surface area (Å²) in [5.74, 6) is 0.985. The zero-order valence-corrected chi connectivity index (χ0v) is 17.4. The van der Waals surface area contributed by atoms with Gasteiger partial charge in [0.25, 0.3) is 5.91 Å². The molecule has 0 aliphatic carbocycles. The van der Waals surface area contributed by atoms with Crippen LogP contribution in [-0.4, -0.2) is 87.9 Å². The highest BCUT2D eigenvalue weighted by Gasteiger charge is 2.47. The van der Waals surface area contributed by atoms with Crippen LogP contribution in [0.5, 0.6) is 11.5 Å². The summed E-state index contributed by atoms with van der Waals surface area (Å²) >= 11 is 0. The second-order valence-corrected chi connectivity index (χ2v) is 7.46. The third-order valence-corrected chi connectivity index (χ3v) is 5.69. The maximum atomic E-state index is 13.4. The summed E-state index contributed by atoms with van der Waals surface area (Å²) in [4.78, 5) is 30.0. The number of carbonyl (C=O) groups excluding carboxylic acids is 2. The Morgan fingerprint density at radius 1 is 1.24 bits per heavy atom. The molecule has 0 N–H and O–H groups in total. The largest absolute Gasteiger partial charge is 0.497 e. The van der Waals surface area contributed by atoms with Gasteiger partial charge in [-0.3, -0.25) is 9.59 Å². The SMILES string of the molecule is COCCCN1C(=O)CCN(C(=O)c2ccc(OC)cc2OC)CC12CCOC2. The minimum Gasteiger partial charge on any atom is -0.497 e. The highest BCUT2D eigenvalue weighted by molar-refractivity contribution is 5.97.